The zero-order valence-electron chi connectivity index (χ0n) is 20.9. The molecule has 11 heteroatoms. The fourth-order valence-corrected chi connectivity index (χ4v) is 4.39. The SMILES string of the molecule is COC1OC1/C(C)=C/N=C(C)N1CCN(Cc2ccc(-c3nc4ccc(C(F)(F)F)cc4[nH]3)cn2)CC1. The molecule has 1 aromatic carbocycles. The van der Waals surface area contributed by atoms with Crippen LogP contribution >= 0.6 is 0 Å². The average molecular weight is 515 g/mol. The van der Waals surface area contributed by atoms with Gasteiger partial charge < -0.3 is 19.4 Å². The van der Waals surface area contributed by atoms with Crippen molar-refractivity contribution < 1.29 is 22.6 Å². The largest absolute Gasteiger partial charge is 0.416 e. The van der Waals surface area contributed by atoms with Crippen LogP contribution in [0.3, 0.4) is 0 Å². The molecule has 0 bridgehead atoms. The van der Waals surface area contributed by atoms with Crippen LogP contribution < -0.4 is 0 Å². The number of benzene rings is 1. The number of H-pyrrole nitrogens is 1. The van der Waals surface area contributed by atoms with Gasteiger partial charge in [0.05, 0.1) is 22.3 Å². The van der Waals surface area contributed by atoms with Crippen molar-refractivity contribution in [3.8, 4) is 11.4 Å². The van der Waals surface area contributed by atoms with E-state index in [-0.39, 0.29) is 12.4 Å². The number of piperazine rings is 1. The first kappa shape index (κ1) is 25.4. The highest BCUT2D eigenvalue weighted by molar-refractivity contribution is 5.81. The predicted molar refractivity (Wildman–Crippen MR) is 134 cm³/mol. The minimum Gasteiger partial charge on any atom is -0.358 e. The molecule has 0 spiro atoms. The number of aromatic amines is 1. The van der Waals surface area contributed by atoms with Crippen LogP contribution in [0.5, 0.6) is 0 Å². The number of ether oxygens (including phenoxy) is 2. The lowest BCUT2D eigenvalue weighted by atomic mass is 10.2. The van der Waals surface area contributed by atoms with Crippen molar-refractivity contribution in [2.24, 2.45) is 4.99 Å². The van der Waals surface area contributed by atoms with Crippen LogP contribution in [0, 0.1) is 0 Å². The van der Waals surface area contributed by atoms with Crippen molar-refractivity contribution in [3.05, 3.63) is 59.6 Å². The summed E-state index contributed by atoms with van der Waals surface area (Å²) in [4.78, 5) is 21.2. The molecule has 0 amide bonds. The van der Waals surface area contributed by atoms with E-state index in [9.17, 15) is 13.2 Å². The van der Waals surface area contributed by atoms with E-state index in [2.05, 4.69) is 29.7 Å². The lowest BCUT2D eigenvalue weighted by Gasteiger charge is -2.35. The summed E-state index contributed by atoms with van der Waals surface area (Å²) in [6, 6.07) is 7.32. The fraction of sp³-hybridized carbons (Fsp3) is 0.423. The predicted octanol–water partition coefficient (Wildman–Crippen LogP) is 4.45. The molecule has 2 unspecified atom stereocenters. The van der Waals surface area contributed by atoms with Gasteiger partial charge in [-0.15, -0.1) is 0 Å². The molecule has 1 N–H and O–H groups in total. The molecule has 0 aliphatic carbocycles. The molecule has 8 nitrogen and oxygen atoms in total. The molecule has 0 saturated carbocycles. The van der Waals surface area contributed by atoms with E-state index in [0.717, 1.165) is 67.5 Å². The Kier molecular flexibility index (Phi) is 7.02. The van der Waals surface area contributed by atoms with Gasteiger partial charge in [-0.25, -0.2) is 9.98 Å². The molecule has 2 saturated heterocycles. The minimum atomic E-state index is -4.39. The van der Waals surface area contributed by atoms with Crippen molar-refractivity contribution in [2.75, 3.05) is 33.3 Å². The smallest absolute Gasteiger partial charge is 0.358 e. The summed E-state index contributed by atoms with van der Waals surface area (Å²) in [6.07, 6.45) is -0.977. The van der Waals surface area contributed by atoms with Crippen LogP contribution in [0.25, 0.3) is 22.4 Å². The second-order valence-corrected chi connectivity index (χ2v) is 9.33. The molecule has 4 heterocycles. The molecule has 0 radical (unpaired) electrons. The van der Waals surface area contributed by atoms with E-state index in [1.165, 1.54) is 6.07 Å². The summed E-state index contributed by atoms with van der Waals surface area (Å²) in [5.41, 5.74) is 2.82. The second-order valence-electron chi connectivity index (χ2n) is 9.33. The van der Waals surface area contributed by atoms with Gasteiger partial charge in [0.2, 0.25) is 0 Å². The van der Waals surface area contributed by atoms with E-state index < -0.39 is 11.7 Å². The molecule has 3 aromatic rings. The molecule has 37 heavy (non-hydrogen) atoms. The van der Waals surface area contributed by atoms with Gasteiger partial charge in [0.15, 0.2) is 6.29 Å². The van der Waals surface area contributed by atoms with Gasteiger partial charge >= 0.3 is 6.18 Å². The Balaban J connectivity index is 1.15. The summed E-state index contributed by atoms with van der Waals surface area (Å²) >= 11 is 0. The van der Waals surface area contributed by atoms with Gasteiger partial charge in [-0.2, -0.15) is 13.2 Å². The number of methoxy groups -OCH3 is 1. The first-order valence-corrected chi connectivity index (χ1v) is 12.1. The monoisotopic (exact) mass is 514 g/mol. The van der Waals surface area contributed by atoms with Crippen molar-refractivity contribution in [1.82, 2.24) is 24.8 Å². The molecule has 2 atom stereocenters. The van der Waals surface area contributed by atoms with Gasteiger partial charge in [0, 0.05) is 57.8 Å². The Morgan fingerprint density at radius 3 is 2.62 bits per heavy atom. The first-order chi connectivity index (χ1) is 17.7. The maximum Gasteiger partial charge on any atom is 0.416 e. The second kappa shape index (κ2) is 10.2. The third kappa shape index (κ3) is 5.84. The summed E-state index contributed by atoms with van der Waals surface area (Å²) in [7, 11) is 1.63. The van der Waals surface area contributed by atoms with Crippen LogP contribution in [0.4, 0.5) is 13.2 Å². The van der Waals surface area contributed by atoms with Gasteiger partial charge in [0.25, 0.3) is 0 Å². The number of nitrogens with one attached hydrogen (secondary N) is 1. The molecule has 5 rings (SSSR count). The highest BCUT2D eigenvalue weighted by atomic mass is 19.4. The summed E-state index contributed by atoms with van der Waals surface area (Å²) in [5, 5.41) is 0. The Labute approximate surface area is 212 Å². The fourth-order valence-electron chi connectivity index (χ4n) is 4.39. The number of nitrogens with zero attached hydrogens (tertiary/aromatic N) is 5. The van der Waals surface area contributed by atoms with E-state index in [1.807, 2.05) is 32.2 Å². The third-order valence-electron chi connectivity index (χ3n) is 6.71. The number of hydrogen-bond acceptors (Lipinski definition) is 6. The Bertz CT molecular complexity index is 1310. The van der Waals surface area contributed by atoms with Crippen LogP contribution in [0.2, 0.25) is 0 Å². The lowest BCUT2D eigenvalue weighted by molar-refractivity contribution is -0.137. The summed E-state index contributed by atoms with van der Waals surface area (Å²) in [5.74, 6) is 1.47. The molecule has 2 fully saturated rings. The number of amidine groups is 1. The molecule has 2 aliphatic heterocycles. The number of rotatable bonds is 6. The average Bonchev–Trinajstić information content (AvgIpc) is 3.56. The quantitative estimate of drug-likeness (QED) is 0.297. The van der Waals surface area contributed by atoms with Gasteiger partial charge in [-0.1, -0.05) is 0 Å². The number of aromatic nitrogens is 3. The maximum absolute atomic E-state index is 13.0. The van der Waals surface area contributed by atoms with Crippen molar-refractivity contribution in [1.29, 1.82) is 0 Å². The molecule has 2 aromatic heterocycles. The van der Waals surface area contributed by atoms with E-state index >= 15 is 0 Å². The van der Waals surface area contributed by atoms with Crippen molar-refractivity contribution in [3.63, 3.8) is 0 Å². The maximum atomic E-state index is 13.0. The number of aliphatic imine (C=N–C) groups is 1. The molecular formula is C26H29F3N6O2. The number of pyridine rings is 1. The van der Waals surface area contributed by atoms with E-state index in [4.69, 9.17) is 9.47 Å². The third-order valence-corrected chi connectivity index (χ3v) is 6.71. The molecule has 2 aliphatic rings. The lowest BCUT2D eigenvalue weighted by Crippen LogP contribution is -2.47. The van der Waals surface area contributed by atoms with Crippen LogP contribution in [-0.2, 0) is 22.2 Å². The number of hydrogen-bond donors (Lipinski definition) is 1. The first-order valence-electron chi connectivity index (χ1n) is 12.1. The Morgan fingerprint density at radius 2 is 1.97 bits per heavy atom. The highest BCUT2D eigenvalue weighted by Gasteiger charge is 2.40. The van der Waals surface area contributed by atoms with E-state index in [0.29, 0.717) is 16.9 Å². The van der Waals surface area contributed by atoms with Gasteiger partial charge in [-0.3, -0.25) is 9.88 Å². The zero-order valence-corrected chi connectivity index (χ0v) is 20.9. The van der Waals surface area contributed by atoms with Crippen molar-refractivity contribution in [2.45, 2.75) is 39.0 Å². The zero-order chi connectivity index (χ0) is 26.2. The van der Waals surface area contributed by atoms with Crippen LogP contribution in [0.1, 0.15) is 25.1 Å². The molecule has 196 valence electrons. The summed E-state index contributed by atoms with van der Waals surface area (Å²) < 4.78 is 49.5. The minimum absolute atomic E-state index is 0.00590. The summed E-state index contributed by atoms with van der Waals surface area (Å²) in [6.45, 7) is 8.26. The topological polar surface area (TPSA) is 82.2 Å². The number of halogens is 3. The Hall–Kier alpha value is -3.28. The Morgan fingerprint density at radius 1 is 1.19 bits per heavy atom. The van der Waals surface area contributed by atoms with Crippen LogP contribution in [-0.4, -0.2) is 76.3 Å². The highest BCUT2D eigenvalue weighted by Crippen LogP contribution is 2.32. The number of imidazole rings is 1. The van der Waals surface area contributed by atoms with Crippen LogP contribution in [0.15, 0.2) is 53.3 Å². The van der Waals surface area contributed by atoms with Gasteiger partial charge in [-0.05, 0) is 49.8 Å². The van der Waals surface area contributed by atoms with E-state index in [1.54, 1.807) is 13.3 Å². The standard InChI is InChI=1S/C26H29F3N6O2/c1-16(23-25(36-3)37-23)13-30-17(2)35-10-8-34(9-11-35)15-20-6-4-18(14-31-20)24-32-21-7-5-19(26(27,28)29)12-22(21)33-24/h4-7,12-14,23,25H,8-11,15H2,1-3H3,(H,32,33)/b16-13+,30-17?. The van der Waals surface area contributed by atoms with Gasteiger partial charge in [0.1, 0.15) is 17.8 Å². The normalized spacial score (nSPS) is 21.6. The molecular weight excluding hydrogens is 485 g/mol. The number of fused-ring (bicyclic) bond motifs is 1. The number of alkyl halides is 3. The van der Waals surface area contributed by atoms with Crippen molar-refractivity contribution >= 4 is 16.9 Å². The number of epoxide rings is 1.